The molecule has 23 heavy (non-hydrogen) atoms. The van der Waals surface area contributed by atoms with Crippen molar-refractivity contribution in [1.29, 1.82) is 0 Å². The number of aliphatic carboxylic acids is 1. The van der Waals surface area contributed by atoms with E-state index in [1.165, 1.54) is 0 Å². The second-order valence-corrected chi connectivity index (χ2v) is 5.87. The molecule has 1 N–H and O–H groups in total. The first kappa shape index (κ1) is 16.8. The molecule has 122 valence electrons. The van der Waals surface area contributed by atoms with Crippen LogP contribution >= 0.6 is 0 Å². The monoisotopic (exact) mass is 314 g/mol. The van der Waals surface area contributed by atoms with Crippen LogP contribution in [0.15, 0.2) is 42.5 Å². The smallest absolute Gasteiger partial charge is 0.258 e. The first-order valence-electron chi connectivity index (χ1n) is 7.57. The fraction of sp³-hybridized carbons (Fsp3) is 0.333. The predicted octanol–water partition coefficient (Wildman–Crippen LogP) is 1.50. The van der Waals surface area contributed by atoms with Gasteiger partial charge in [0.15, 0.2) is 6.61 Å². The maximum absolute atomic E-state index is 11.8. The van der Waals surface area contributed by atoms with E-state index < -0.39 is 17.9 Å². The average molecular weight is 314 g/mol. The number of carbonyl (C=O) groups is 2. The number of ether oxygens (including phenoxy) is 1. The van der Waals surface area contributed by atoms with Crippen LogP contribution in [-0.4, -0.2) is 24.5 Å². The Morgan fingerprint density at radius 2 is 1.83 bits per heavy atom. The topological polar surface area (TPSA) is 78.5 Å². The highest BCUT2D eigenvalue weighted by molar-refractivity contribution is 5.85. The average Bonchev–Trinajstić information content (AvgIpc) is 2.51. The summed E-state index contributed by atoms with van der Waals surface area (Å²) in [6, 6.07) is 12.3. The Kier molecular flexibility index (Phi) is 5.57. The molecule has 0 aliphatic rings. The van der Waals surface area contributed by atoms with Crippen LogP contribution in [0.5, 0.6) is 5.75 Å². The van der Waals surface area contributed by atoms with Gasteiger partial charge in [-0.2, -0.15) is 0 Å². The molecular weight excluding hydrogens is 294 g/mol. The number of hydrogen-bond donors (Lipinski definition) is 1. The molecule has 0 unspecified atom stereocenters. The van der Waals surface area contributed by atoms with E-state index in [0.717, 1.165) is 10.8 Å². The number of rotatable bonds is 7. The highest BCUT2D eigenvalue weighted by Crippen LogP contribution is 2.20. The number of carboxylic acids is 1. The molecule has 2 rings (SSSR count). The third kappa shape index (κ3) is 4.98. The number of benzene rings is 2. The van der Waals surface area contributed by atoms with Gasteiger partial charge in [-0.05, 0) is 35.2 Å². The van der Waals surface area contributed by atoms with Crippen molar-refractivity contribution in [2.45, 2.75) is 26.3 Å². The first-order chi connectivity index (χ1) is 11.0. The van der Waals surface area contributed by atoms with Crippen LogP contribution < -0.4 is 15.2 Å². The number of carboxylic acid groups (broad SMARTS) is 1. The summed E-state index contributed by atoms with van der Waals surface area (Å²) < 4.78 is 5.44. The van der Waals surface area contributed by atoms with Crippen LogP contribution in [0.4, 0.5) is 0 Å². The van der Waals surface area contributed by atoms with Gasteiger partial charge in [-0.1, -0.05) is 44.2 Å². The standard InChI is InChI=1S/C18H21NO4/c1-12(2)9-16(18(21)22)19-17(20)11-23-15-8-7-13-5-3-4-6-14(13)10-15/h3-8,10,12,16H,9,11H2,1-2H3,(H,19,20)(H,21,22)/p-1/t16-/m0/s1. The molecule has 0 saturated heterocycles. The van der Waals surface area contributed by atoms with Gasteiger partial charge in [-0.25, -0.2) is 0 Å². The first-order valence-corrected chi connectivity index (χ1v) is 7.57. The second-order valence-electron chi connectivity index (χ2n) is 5.87. The predicted molar refractivity (Wildman–Crippen MR) is 85.8 cm³/mol. The van der Waals surface area contributed by atoms with E-state index in [1.54, 1.807) is 6.07 Å². The molecule has 2 aromatic carbocycles. The van der Waals surface area contributed by atoms with E-state index in [1.807, 2.05) is 50.2 Å². The lowest BCUT2D eigenvalue weighted by atomic mass is 10.0. The zero-order valence-electron chi connectivity index (χ0n) is 13.2. The van der Waals surface area contributed by atoms with Crippen LogP contribution in [0.2, 0.25) is 0 Å². The van der Waals surface area contributed by atoms with Crippen molar-refractivity contribution in [3.8, 4) is 5.75 Å². The summed E-state index contributed by atoms with van der Waals surface area (Å²) in [5, 5.41) is 15.5. The Labute approximate surface area is 135 Å². The molecule has 0 fully saturated rings. The third-order valence-corrected chi connectivity index (χ3v) is 3.42. The molecule has 0 radical (unpaired) electrons. The van der Waals surface area contributed by atoms with E-state index in [-0.39, 0.29) is 12.5 Å². The summed E-state index contributed by atoms with van der Waals surface area (Å²) in [7, 11) is 0. The number of hydrogen-bond acceptors (Lipinski definition) is 4. The Morgan fingerprint density at radius 1 is 1.13 bits per heavy atom. The SMILES string of the molecule is CC(C)C[C@H](NC(=O)COc1ccc2ccccc2c1)C(=O)[O-]. The summed E-state index contributed by atoms with van der Waals surface area (Å²) >= 11 is 0. The van der Waals surface area contributed by atoms with E-state index in [2.05, 4.69) is 5.32 Å². The highest BCUT2D eigenvalue weighted by atomic mass is 16.5. The van der Waals surface area contributed by atoms with E-state index in [4.69, 9.17) is 4.74 Å². The molecule has 0 spiro atoms. The van der Waals surface area contributed by atoms with Crippen LogP contribution in [0.25, 0.3) is 10.8 Å². The summed E-state index contributed by atoms with van der Waals surface area (Å²) in [5.41, 5.74) is 0. The van der Waals surface area contributed by atoms with Crippen LogP contribution in [0.1, 0.15) is 20.3 Å². The minimum absolute atomic E-state index is 0.139. The summed E-state index contributed by atoms with van der Waals surface area (Å²) in [6.07, 6.45) is 0.323. The lowest BCUT2D eigenvalue weighted by Gasteiger charge is -2.21. The molecule has 0 saturated carbocycles. The van der Waals surface area contributed by atoms with Gasteiger partial charge in [0.2, 0.25) is 0 Å². The number of fused-ring (bicyclic) bond motifs is 1. The van der Waals surface area contributed by atoms with Crippen LogP contribution in [0.3, 0.4) is 0 Å². The molecule has 0 aliphatic carbocycles. The molecule has 0 aromatic heterocycles. The largest absolute Gasteiger partial charge is 0.548 e. The molecule has 2 aromatic rings. The summed E-state index contributed by atoms with van der Waals surface area (Å²) in [4.78, 5) is 22.9. The maximum Gasteiger partial charge on any atom is 0.258 e. The molecule has 0 heterocycles. The molecule has 5 nitrogen and oxygen atoms in total. The van der Waals surface area contributed by atoms with Gasteiger partial charge in [0, 0.05) is 0 Å². The minimum Gasteiger partial charge on any atom is -0.548 e. The quantitative estimate of drug-likeness (QED) is 0.840. The van der Waals surface area contributed by atoms with Gasteiger partial charge in [0.1, 0.15) is 5.75 Å². The molecule has 0 bridgehead atoms. The Bertz CT molecular complexity index is 696. The normalized spacial score (nSPS) is 12.1. The fourth-order valence-electron chi connectivity index (χ4n) is 2.33. The number of carbonyl (C=O) groups excluding carboxylic acids is 2. The Balaban J connectivity index is 1.93. The van der Waals surface area contributed by atoms with Crippen molar-refractivity contribution in [3.63, 3.8) is 0 Å². The lowest BCUT2D eigenvalue weighted by Crippen LogP contribution is -2.49. The summed E-state index contributed by atoms with van der Waals surface area (Å²) in [6.45, 7) is 3.53. The molecule has 1 atom stereocenters. The van der Waals surface area contributed by atoms with Crippen LogP contribution in [-0.2, 0) is 9.59 Å². The van der Waals surface area contributed by atoms with Crippen molar-refractivity contribution in [2.75, 3.05) is 6.61 Å². The van der Waals surface area contributed by atoms with Crippen molar-refractivity contribution in [1.82, 2.24) is 5.32 Å². The Morgan fingerprint density at radius 3 is 2.48 bits per heavy atom. The molecule has 1 amide bonds. The van der Waals surface area contributed by atoms with Gasteiger partial charge in [-0.3, -0.25) is 4.79 Å². The second kappa shape index (κ2) is 7.63. The molecule has 0 aliphatic heterocycles. The van der Waals surface area contributed by atoms with Gasteiger partial charge in [0.25, 0.3) is 5.91 Å². The fourth-order valence-corrected chi connectivity index (χ4v) is 2.33. The molecular formula is C18H20NO4-. The van der Waals surface area contributed by atoms with E-state index in [9.17, 15) is 14.7 Å². The van der Waals surface area contributed by atoms with Crippen molar-refractivity contribution in [3.05, 3.63) is 42.5 Å². The zero-order chi connectivity index (χ0) is 16.8. The highest BCUT2D eigenvalue weighted by Gasteiger charge is 2.15. The number of nitrogens with one attached hydrogen (secondary N) is 1. The lowest BCUT2D eigenvalue weighted by molar-refractivity contribution is -0.308. The maximum atomic E-state index is 11.8. The minimum atomic E-state index is -1.28. The van der Waals surface area contributed by atoms with Crippen molar-refractivity contribution in [2.24, 2.45) is 5.92 Å². The summed E-state index contributed by atoms with van der Waals surface area (Å²) in [5.74, 6) is -1.06. The Hall–Kier alpha value is -2.56. The van der Waals surface area contributed by atoms with Crippen molar-refractivity contribution < 1.29 is 19.4 Å². The van der Waals surface area contributed by atoms with Crippen LogP contribution in [0, 0.1) is 5.92 Å². The van der Waals surface area contributed by atoms with E-state index >= 15 is 0 Å². The number of amides is 1. The third-order valence-electron chi connectivity index (χ3n) is 3.42. The van der Waals surface area contributed by atoms with Gasteiger partial charge >= 0.3 is 0 Å². The zero-order valence-corrected chi connectivity index (χ0v) is 13.2. The van der Waals surface area contributed by atoms with Crippen molar-refractivity contribution >= 4 is 22.6 Å². The van der Waals surface area contributed by atoms with Gasteiger partial charge < -0.3 is 20.0 Å². The van der Waals surface area contributed by atoms with Gasteiger partial charge in [-0.15, -0.1) is 0 Å². The van der Waals surface area contributed by atoms with E-state index in [0.29, 0.717) is 12.2 Å². The van der Waals surface area contributed by atoms with Gasteiger partial charge in [0.05, 0.1) is 12.0 Å². The molecule has 5 heteroatoms.